The van der Waals surface area contributed by atoms with Crippen molar-refractivity contribution in [3.05, 3.63) is 41.5 Å². The summed E-state index contributed by atoms with van der Waals surface area (Å²) in [6.07, 6.45) is 0. The molecule has 2 rings (SSSR count). The number of hydrogen-bond donors (Lipinski definition) is 1. The van der Waals surface area contributed by atoms with Gasteiger partial charge in [0.05, 0.1) is 0 Å². The van der Waals surface area contributed by atoms with Gasteiger partial charge in [0.1, 0.15) is 30.3 Å². The van der Waals surface area contributed by atoms with Crippen LogP contribution in [0.4, 0.5) is 4.39 Å². The van der Waals surface area contributed by atoms with Crippen LogP contribution in [-0.4, -0.2) is 39.3 Å². The molecule has 0 spiro atoms. The zero-order chi connectivity index (χ0) is 18.4. The molecule has 0 aliphatic carbocycles. The summed E-state index contributed by atoms with van der Waals surface area (Å²) in [5.74, 6) is -1.16. The van der Waals surface area contributed by atoms with E-state index in [1.807, 2.05) is 0 Å². The largest absolute Gasteiger partial charge is 0.487 e. The van der Waals surface area contributed by atoms with E-state index in [4.69, 9.17) is 14.0 Å². The van der Waals surface area contributed by atoms with Crippen LogP contribution in [0, 0.1) is 19.7 Å². The highest BCUT2D eigenvalue weighted by Crippen LogP contribution is 2.18. The Morgan fingerprint density at radius 2 is 2.00 bits per heavy atom. The van der Waals surface area contributed by atoms with Crippen molar-refractivity contribution in [2.45, 2.75) is 18.7 Å². The molecule has 0 bridgehead atoms. The highest BCUT2D eigenvalue weighted by atomic mass is 32.2. The van der Waals surface area contributed by atoms with Gasteiger partial charge in [-0.2, -0.15) is 4.72 Å². The predicted molar refractivity (Wildman–Crippen MR) is 84.0 cm³/mol. The monoisotopic (exact) mass is 372 g/mol. The molecule has 0 unspecified atom stereocenters. The first-order chi connectivity index (χ1) is 11.8. The number of hydrogen-bond acceptors (Lipinski definition) is 7. The quantitative estimate of drug-likeness (QED) is 0.550. The number of ether oxygens (including phenoxy) is 2. The number of aryl methyl sites for hydroxylation is 2. The van der Waals surface area contributed by atoms with Gasteiger partial charge in [0.25, 0.3) is 0 Å². The molecule has 0 atom stereocenters. The zero-order valence-electron chi connectivity index (χ0n) is 13.6. The van der Waals surface area contributed by atoms with Crippen molar-refractivity contribution in [2.24, 2.45) is 0 Å². The number of benzene rings is 1. The fraction of sp³-hybridized carbons (Fsp3) is 0.333. The van der Waals surface area contributed by atoms with E-state index in [-0.39, 0.29) is 35.3 Å². The van der Waals surface area contributed by atoms with Gasteiger partial charge in [-0.05, 0) is 26.0 Å². The molecular weight excluding hydrogens is 355 g/mol. The van der Waals surface area contributed by atoms with Crippen molar-refractivity contribution in [2.75, 3.05) is 19.8 Å². The minimum atomic E-state index is -3.94. The molecule has 2 aromatic rings. The Morgan fingerprint density at radius 1 is 1.28 bits per heavy atom. The standard InChI is InChI=1S/C15H17FN2O6S/c1-10-15(11(2)24-18-10)25(20,21)17-9-14(19)23-8-7-22-13-6-4-3-5-12(13)16/h3-6,17H,7-9H2,1-2H3. The molecule has 0 radical (unpaired) electrons. The smallest absolute Gasteiger partial charge is 0.321 e. The van der Waals surface area contributed by atoms with Crippen LogP contribution in [0.2, 0.25) is 0 Å². The average molecular weight is 372 g/mol. The summed E-state index contributed by atoms with van der Waals surface area (Å²) >= 11 is 0. The van der Waals surface area contributed by atoms with Crippen molar-refractivity contribution in [3.63, 3.8) is 0 Å². The highest BCUT2D eigenvalue weighted by Gasteiger charge is 2.24. The van der Waals surface area contributed by atoms with E-state index in [1.54, 1.807) is 6.07 Å². The van der Waals surface area contributed by atoms with Gasteiger partial charge in [-0.15, -0.1) is 0 Å². The van der Waals surface area contributed by atoms with E-state index in [1.165, 1.54) is 32.0 Å². The van der Waals surface area contributed by atoms with Crippen molar-refractivity contribution < 1.29 is 31.6 Å². The van der Waals surface area contributed by atoms with Crippen molar-refractivity contribution in [1.82, 2.24) is 9.88 Å². The average Bonchev–Trinajstić information content (AvgIpc) is 2.91. The minimum Gasteiger partial charge on any atom is -0.487 e. The number of nitrogens with zero attached hydrogens (tertiary/aromatic N) is 1. The first kappa shape index (κ1) is 18.9. The molecule has 8 nitrogen and oxygen atoms in total. The van der Waals surface area contributed by atoms with Crippen molar-refractivity contribution in [1.29, 1.82) is 0 Å². The van der Waals surface area contributed by atoms with Gasteiger partial charge in [-0.1, -0.05) is 17.3 Å². The van der Waals surface area contributed by atoms with Crippen LogP contribution < -0.4 is 9.46 Å². The molecular formula is C15H17FN2O6S. The molecule has 1 aromatic heterocycles. The maximum absolute atomic E-state index is 13.3. The number of carbonyl (C=O) groups is 1. The number of nitrogens with one attached hydrogen (secondary N) is 1. The third kappa shape index (κ3) is 5.00. The fourth-order valence-corrected chi connectivity index (χ4v) is 3.30. The second-order valence-corrected chi connectivity index (χ2v) is 6.68. The van der Waals surface area contributed by atoms with E-state index in [0.717, 1.165) is 0 Å². The van der Waals surface area contributed by atoms with Crippen LogP contribution in [0.5, 0.6) is 5.75 Å². The van der Waals surface area contributed by atoms with Crippen LogP contribution in [-0.2, 0) is 19.6 Å². The van der Waals surface area contributed by atoms with Gasteiger partial charge >= 0.3 is 5.97 Å². The van der Waals surface area contributed by atoms with E-state index < -0.39 is 28.4 Å². The molecule has 1 aromatic carbocycles. The lowest BCUT2D eigenvalue weighted by atomic mass is 10.3. The van der Waals surface area contributed by atoms with E-state index in [2.05, 4.69) is 9.88 Å². The molecule has 0 fully saturated rings. The summed E-state index contributed by atoms with van der Waals surface area (Å²) in [7, 11) is -3.94. The lowest BCUT2D eigenvalue weighted by Crippen LogP contribution is -2.31. The van der Waals surface area contributed by atoms with Gasteiger partial charge in [0, 0.05) is 0 Å². The van der Waals surface area contributed by atoms with Crippen molar-refractivity contribution >= 4 is 16.0 Å². The van der Waals surface area contributed by atoms with E-state index in [9.17, 15) is 17.6 Å². The van der Waals surface area contributed by atoms with Gasteiger partial charge < -0.3 is 14.0 Å². The molecule has 25 heavy (non-hydrogen) atoms. The van der Waals surface area contributed by atoms with Crippen LogP contribution in [0.15, 0.2) is 33.7 Å². The van der Waals surface area contributed by atoms with Gasteiger partial charge in [-0.25, -0.2) is 12.8 Å². The van der Waals surface area contributed by atoms with Crippen LogP contribution in [0.25, 0.3) is 0 Å². The highest BCUT2D eigenvalue weighted by molar-refractivity contribution is 7.89. The van der Waals surface area contributed by atoms with Crippen LogP contribution in [0.1, 0.15) is 11.5 Å². The number of sulfonamides is 1. The molecule has 0 saturated carbocycles. The summed E-state index contributed by atoms with van der Waals surface area (Å²) in [6.45, 7) is 2.14. The maximum atomic E-state index is 13.3. The Kier molecular flexibility index (Phi) is 6.10. The summed E-state index contributed by atoms with van der Waals surface area (Å²) in [5, 5.41) is 3.55. The van der Waals surface area contributed by atoms with E-state index in [0.29, 0.717) is 0 Å². The number of aromatic nitrogens is 1. The van der Waals surface area contributed by atoms with Crippen LogP contribution >= 0.6 is 0 Å². The lowest BCUT2D eigenvalue weighted by Gasteiger charge is -2.09. The maximum Gasteiger partial charge on any atom is 0.321 e. The molecule has 1 N–H and O–H groups in total. The third-order valence-electron chi connectivity index (χ3n) is 3.08. The van der Waals surface area contributed by atoms with Gasteiger partial charge in [0.2, 0.25) is 10.0 Å². The zero-order valence-corrected chi connectivity index (χ0v) is 14.4. The van der Waals surface area contributed by atoms with Gasteiger partial charge in [-0.3, -0.25) is 4.79 Å². The second-order valence-electron chi connectivity index (χ2n) is 4.98. The number of esters is 1. The number of para-hydroxylation sites is 1. The fourth-order valence-electron chi connectivity index (χ4n) is 2.00. The topological polar surface area (TPSA) is 108 Å². The lowest BCUT2D eigenvalue weighted by molar-refractivity contribution is -0.142. The Labute approximate surface area is 144 Å². The molecule has 0 amide bonds. The van der Waals surface area contributed by atoms with Crippen molar-refractivity contribution in [3.8, 4) is 5.75 Å². The molecule has 10 heteroatoms. The minimum absolute atomic E-state index is 0.0395. The first-order valence-corrected chi connectivity index (χ1v) is 8.75. The third-order valence-corrected chi connectivity index (χ3v) is 4.73. The molecule has 0 saturated heterocycles. The second kappa shape index (κ2) is 8.08. The van der Waals surface area contributed by atoms with E-state index >= 15 is 0 Å². The Bertz CT molecular complexity index is 830. The number of rotatable bonds is 8. The summed E-state index contributed by atoms with van der Waals surface area (Å²) in [4.78, 5) is 11.5. The van der Waals surface area contributed by atoms with Crippen LogP contribution in [0.3, 0.4) is 0 Å². The molecule has 136 valence electrons. The molecule has 0 aliphatic heterocycles. The molecule has 0 aliphatic rings. The Balaban J connectivity index is 1.76. The first-order valence-electron chi connectivity index (χ1n) is 7.27. The van der Waals surface area contributed by atoms with Gasteiger partial charge in [0.15, 0.2) is 17.3 Å². The molecule has 1 heterocycles. The number of carbonyl (C=O) groups excluding carboxylic acids is 1. The SMILES string of the molecule is Cc1noc(C)c1S(=O)(=O)NCC(=O)OCCOc1ccccc1F. The number of halogens is 1. The normalized spacial score (nSPS) is 11.3. The summed E-state index contributed by atoms with van der Waals surface area (Å²) < 4.78 is 54.3. The summed E-state index contributed by atoms with van der Waals surface area (Å²) in [6, 6.07) is 5.81. The summed E-state index contributed by atoms with van der Waals surface area (Å²) in [5.41, 5.74) is 0.191. The Hall–Kier alpha value is -2.46. The predicted octanol–water partition coefficient (Wildman–Crippen LogP) is 1.33. The Morgan fingerprint density at radius 3 is 2.64 bits per heavy atom.